The molecule has 0 aromatic heterocycles. The second-order valence-corrected chi connectivity index (χ2v) is 4.46. The van der Waals surface area contributed by atoms with Gasteiger partial charge in [-0.05, 0) is 11.1 Å². The van der Waals surface area contributed by atoms with E-state index < -0.39 is 12.1 Å². The lowest BCUT2D eigenvalue weighted by Gasteiger charge is -2.13. The van der Waals surface area contributed by atoms with Crippen LogP contribution in [0.25, 0.3) is 0 Å². The number of carbonyl (C=O) groups excluding carboxylic acids is 1. The zero-order valence-electron chi connectivity index (χ0n) is 11.8. The molecule has 0 bridgehead atoms. The molecule has 0 aliphatic carbocycles. The highest BCUT2D eigenvalue weighted by molar-refractivity contribution is 5.85. The van der Waals surface area contributed by atoms with Crippen molar-refractivity contribution in [3.63, 3.8) is 0 Å². The smallest absolute Gasteiger partial charge is 0.475 e. The summed E-state index contributed by atoms with van der Waals surface area (Å²) in [6.07, 6.45) is -5.08. The zero-order chi connectivity index (χ0) is 17.5. The van der Waals surface area contributed by atoms with Crippen LogP contribution in [0.4, 0.5) is 13.2 Å². The fraction of sp³-hybridized carbons (Fsp3) is 0.125. The minimum atomic E-state index is -5.08. The van der Waals surface area contributed by atoms with Gasteiger partial charge in [-0.2, -0.15) is 13.2 Å². The highest BCUT2D eigenvalue weighted by Gasteiger charge is 2.38. The Hall–Kier alpha value is -2.83. The lowest BCUT2D eigenvalue weighted by Crippen LogP contribution is -2.22. The largest absolute Gasteiger partial charge is 0.490 e. The third-order valence-corrected chi connectivity index (χ3v) is 2.79. The van der Waals surface area contributed by atoms with E-state index in [4.69, 9.17) is 15.6 Å². The molecule has 0 unspecified atom stereocenters. The Labute approximate surface area is 130 Å². The fourth-order valence-corrected chi connectivity index (χ4v) is 1.81. The molecule has 2 aromatic rings. The summed E-state index contributed by atoms with van der Waals surface area (Å²) in [7, 11) is 0. The lowest BCUT2D eigenvalue weighted by molar-refractivity contribution is -0.192. The standard InChI is InChI=1S/C14H13NO.C2HF3O2/c15-14(16)13(11-7-3-1-4-8-11)12-9-5-2-6-10-12;3-2(4,5)1(6)7/h1-10,13H,(H2,15,16);(H,6,7). The Morgan fingerprint density at radius 1 is 0.870 bits per heavy atom. The van der Waals surface area contributed by atoms with Gasteiger partial charge >= 0.3 is 12.1 Å². The summed E-state index contributed by atoms with van der Waals surface area (Å²) >= 11 is 0. The lowest BCUT2D eigenvalue weighted by atomic mass is 9.91. The van der Waals surface area contributed by atoms with Crippen LogP contribution in [0.1, 0.15) is 17.0 Å². The van der Waals surface area contributed by atoms with Crippen molar-refractivity contribution in [2.75, 3.05) is 0 Å². The first kappa shape index (κ1) is 18.2. The molecule has 0 heterocycles. The number of halogens is 3. The molecule has 0 fully saturated rings. The van der Waals surface area contributed by atoms with Crippen molar-refractivity contribution < 1.29 is 27.9 Å². The van der Waals surface area contributed by atoms with Crippen LogP contribution in [0, 0.1) is 0 Å². The topological polar surface area (TPSA) is 80.4 Å². The quantitative estimate of drug-likeness (QED) is 0.910. The first-order valence-electron chi connectivity index (χ1n) is 6.42. The van der Waals surface area contributed by atoms with Crippen molar-refractivity contribution in [1.29, 1.82) is 0 Å². The summed E-state index contributed by atoms with van der Waals surface area (Å²) in [5, 5.41) is 7.12. The first-order valence-corrected chi connectivity index (χ1v) is 6.42. The average molecular weight is 325 g/mol. The van der Waals surface area contributed by atoms with E-state index in [2.05, 4.69) is 0 Å². The third kappa shape index (κ3) is 5.82. The molecule has 0 atom stereocenters. The van der Waals surface area contributed by atoms with Gasteiger partial charge in [0.1, 0.15) is 0 Å². The van der Waals surface area contributed by atoms with Crippen LogP contribution in [0.15, 0.2) is 60.7 Å². The van der Waals surface area contributed by atoms with E-state index in [-0.39, 0.29) is 11.8 Å². The molecule has 3 N–H and O–H groups in total. The summed E-state index contributed by atoms with van der Waals surface area (Å²) in [4.78, 5) is 20.4. The van der Waals surface area contributed by atoms with Gasteiger partial charge in [-0.1, -0.05) is 60.7 Å². The molecule has 0 saturated heterocycles. The molecule has 0 aliphatic heterocycles. The number of primary amides is 1. The van der Waals surface area contributed by atoms with E-state index in [0.717, 1.165) is 11.1 Å². The van der Waals surface area contributed by atoms with Crippen LogP contribution in [-0.2, 0) is 9.59 Å². The van der Waals surface area contributed by atoms with Gasteiger partial charge in [-0.25, -0.2) is 4.79 Å². The minimum absolute atomic E-state index is 0.322. The molecule has 1 amide bonds. The van der Waals surface area contributed by atoms with Gasteiger partial charge in [-0.3, -0.25) is 4.79 Å². The highest BCUT2D eigenvalue weighted by Crippen LogP contribution is 2.23. The Kier molecular flexibility index (Phi) is 6.32. The number of nitrogens with two attached hydrogens (primary N) is 1. The average Bonchev–Trinajstić information content (AvgIpc) is 2.49. The van der Waals surface area contributed by atoms with Crippen molar-refractivity contribution >= 4 is 11.9 Å². The van der Waals surface area contributed by atoms with E-state index in [1.54, 1.807) is 0 Å². The highest BCUT2D eigenvalue weighted by atomic mass is 19.4. The first-order chi connectivity index (χ1) is 10.7. The molecule has 7 heteroatoms. The van der Waals surface area contributed by atoms with Gasteiger partial charge in [0.2, 0.25) is 5.91 Å². The second-order valence-electron chi connectivity index (χ2n) is 4.46. The number of carboxylic acid groups (broad SMARTS) is 1. The maximum absolute atomic E-state index is 11.5. The number of benzene rings is 2. The Balaban J connectivity index is 0.000000322. The van der Waals surface area contributed by atoms with Crippen LogP contribution in [-0.4, -0.2) is 23.2 Å². The van der Waals surface area contributed by atoms with Crippen molar-refractivity contribution in [2.45, 2.75) is 12.1 Å². The number of aliphatic carboxylic acids is 1. The Morgan fingerprint density at radius 2 is 1.17 bits per heavy atom. The zero-order valence-corrected chi connectivity index (χ0v) is 11.8. The summed E-state index contributed by atoms with van der Waals surface area (Å²) in [5.41, 5.74) is 7.33. The van der Waals surface area contributed by atoms with E-state index in [9.17, 15) is 18.0 Å². The number of hydrogen-bond donors (Lipinski definition) is 2. The van der Waals surface area contributed by atoms with E-state index in [1.165, 1.54) is 0 Å². The van der Waals surface area contributed by atoms with Gasteiger partial charge in [0.05, 0.1) is 5.92 Å². The van der Waals surface area contributed by atoms with Crippen LogP contribution >= 0.6 is 0 Å². The molecule has 0 saturated carbocycles. The minimum Gasteiger partial charge on any atom is -0.475 e. The van der Waals surface area contributed by atoms with E-state index in [0.29, 0.717) is 0 Å². The van der Waals surface area contributed by atoms with Crippen molar-refractivity contribution in [2.24, 2.45) is 5.73 Å². The summed E-state index contributed by atoms with van der Waals surface area (Å²) in [6, 6.07) is 19.2. The number of carboxylic acids is 1. The Bertz CT molecular complexity index is 603. The molecule has 2 aromatic carbocycles. The molecule has 2 rings (SSSR count). The van der Waals surface area contributed by atoms with Crippen molar-refractivity contribution in [3.05, 3.63) is 71.8 Å². The molecule has 122 valence electrons. The summed E-state index contributed by atoms with van der Waals surface area (Å²) in [5.74, 6) is -3.44. The van der Waals surface area contributed by atoms with E-state index >= 15 is 0 Å². The maximum Gasteiger partial charge on any atom is 0.490 e. The van der Waals surface area contributed by atoms with Gasteiger partial charge in [-0.15, -0.1) is 0 Å². The number of carbonyl (C=O) groups is 2. The molecule has 4 nitrogen and oxygen atoms in total. The number of alkyl halides is 3. The van der Waals surface area contributed by atoms with Crippen molar-refractivity contribution in [3.8, 4) is 0 Å². The summed E-state index contributed by atoms with van der Waals surface area (Å²) in [6.45, 7) is 0. The Morgan fingerprint density at radius 3 is 1.39 bits per heavy atom. The van der Waals surface area contributed by atoms with E-state index in [1.807, 2.05) is 60.7 Å². The van der Waals surface area contributed by atoms with Crippen LogP contribution < -0.4 is 5.73 Å². The molecule has 0 aliphatic rings. The molecular formula is C16H14F3NO3. The fourth-order valence-electron chi connectivity index (χ4n) is 1.81. The molecule has 0 spiro atoms. The van der Waals surface area contributed by atoms with Gasteiger partial charge < -0.3 is 10.8 Å². The van der Waals surface area contributed by atoms with Gasteiger partial charge in [0.15, 0.2) is 0 Å². The van der Waals surface area contributed by atoms with Crippen LogP contribution in [0.3, 0.4) is 0 Å². The third-order valence-electron chi connectivity index (χ3n) is 2.79. The second kappa shape index (κ2) is 7.98. The maximum atomic E-state index is 11.5. The van der Waals surface area contributed by atoms with Crippen LogP contribution in [0.5, 0.6) is 0 Å². The number of hydrogen-bond acceptors (Lipinski definition) is 2. The summed E-state index contributed by atoms with van der Waals surface area (Å²) < 4.78 is 31.7. The molecule has 0 radical (unpaired) electrons. The normalized spacial score (nSPS) is 10.6. The van der Waals surface area contributed by atoms with Gasteiger partial charge in [0, 0.05) is 0 Å². The molecule has 23 heavy (non-hydrogen) atoms. The van der Waals surface area contributed by atoms with Crippen LogP contribution in [0.2, 0.25) is 0 Å². The number of amides is 1. The predicted octanol–water partition coefficient (Wildman–Crippen LogP) is 2.94. The predicted molar refractivity (Wildman–Crippen MR) is 77.6 cm³/mol. The molecular weight excluding hydrogens is 311 g/mol. The van der Waals surface area contributed by atoms with Gasteiger partial charge in [0.25, 0.3) is 0 Å². The number of rotatable bonds is 3. The SMILES string of the molecule is NC(=O)C(c1ccccc1)c1ccccc1.O=C(O)C(F)(F)F. The van der Waals surface area contributed by atoms with Crippen molar-refractivity contribution in [1.82, 2.24) is 0 Å². The monoisotopic (exact) mass is 325 g/mol.